The summed E-state index contributed by atoms with van der Waals surface area (Å²) < 4.78 is 5.68. The zero-order valence-electron chi connectivity index (χ0n) is 12.6. The fraction of sp³-hybridized carbons (Fsp3) is 0.100. The summed E-state index contributed by atoms with van der Waals surface area (Å²) in [6, 6.07) is 22.5. The van der Waals surface area contributed by atoms with Crippen LogP contribution in [-0.4, -0.2) is 10.2 Å². The van der Waals surface area contributed by atoms with E-state index in [-0.39, 0.29) is 18.1 Å². The Kier molecular flexibility index (Phi) is 4.60. The first-order valence-corrected chi connectivity index (χ1v) is 7.46. The molecule has 3 aromatic rings. The van der Waals surface area contributed by atoms with Gasteiger partial charge in [-0.1, -0.05) is 60.7 Å². The highest BCUT2D eigenvalue weighted by atomic mass is 16.5. The number of benzene rings is 3. The van der Waals surface area contributed by atoms with Crippen LogP contribution in [0, 0.1) is 0 Å². The zero-order valence-corrected chi connectivity index (χ0v) is 12.6. The molecule has 0 unspecified atom stereocenters. The van der Waals surface area contributed by atoms with Gasteiger partial charge in [0.1, 0.15) is 11.5 Å². The molecule has 116 valence electrons. The monoisotopic (exact) mass is 306 g/mol. The van der Waals surface area contributed by atoms with Crippen molar-refractivity contribution in [1.29, 1.82) is 0 Å². The molecule has 0 atom stereocenters. The van der Waals surface area contributed by atoms with Crippen LogP contribution in [0.15, 0.2) is 72.8 Å². The van der Waals surface area contributed by atoms with E-state index >= 15 is 0 Å². The van der Waals surface area contributed by atoms with Gasteiger partial charge >= 0.3 is 0 Å². The standard InChI is InChI=1S/C20H18O3/c21-18-12-11-17(14-23-13-15-7-3-1-4-8-15)20(22)19(18)16-9-5-2-6-10-16/h1-12,21-22H,13-14H2. The van der Waals surface area contributed by atoms with Crippen molar-refractivity contribution in [2.45, 2.75) is 13.2 Å². The molecule has 0 aliphatic rings. The third kappa shape index (κ3) is 3.52. The molecule has 2 N–H and O–H groups in total. The molecule has 0 heterocycles. The summed E-state index contributed by atoms with van der Waals surface area (Å²) in [6.07, 6.45) is 0. The molecule has 0 bridgehead atoms. The van der Waals surface area contributed by atoms with E-state index in [2.05, 4.69) is 0 Å². The summed E-state index contributed by atoms with van der Waals surface area (Å²) in [5.41, 5.74) is 2.94. The number of ether oxygens (including phenoxy) is 1. The maximum absolute atomic E-state index is 10.5. The molecule has 0 aliphatic carbocycles. The van der Waals surface area contributed by atoms with E-state index in [9.17, 15) is 10.2 Å². The van der Waals surface area contributed by atoms with E-state index in [1.54, 1.807) is 12.1 Å². The molecule has 3 nitrogen and oxygen atoms in total. The molecule has 0 aliphatic heterocycles. The summed E-state index contributed by atoms with van der Waals surface area (Å²) >= 11 is 0. The molecule has 0 fully saturated rings. The summed E-state index contributed by atoms with van der Waals surface area (Å²) in [6.45, 7) is 0.753. The minimum atomic E-state index is 0.0560. The summed E-state index contributed by atoms with van der Waals surface area (Å²) in [5.74, 6) is 0.116. The first kappa shape index (κ1) is 15.1. The first-order chi connectivity index (χ1) is 11.3. The van der Waals surface area contributed by atoms with Gasteiger partial charge in [0.15, 0.2) is 0 Å². The number of aromatic hydroxyl groups is 2. The maximum atomic E-state index is 10.5. The molecule has 3 heteroatoms. The molecule has 0 saturated carbocycles. The Morgan fingerprint density at radius 3 is 2.04 bits per heavy atom. The van der Waals surface area contributed by atoms with Gasteiger partial charge in [-0.25, -0.2) is 0 Å². The molecular weight excluding hydrogens is 288 g/mol. The Hall–Kier alpha value is -2.78. The van der Waals surface area contributed by atoms with Crippen LogP contribution in [0.3, 0.4) is 0 Å². The summed E-state index contributed by atoms with van der Waals surface area (Å²) in [7, 11) is 0. The smallest absolute Gasteiger partial charge is 0.132 e. The highest BCUT2D eigenvalue weighted by Gasteiger charge is 2.14. The van der Waals surface area contributed by atoms with Crippen LogP contribution in [0.4, 0.5) is 0 Å². The normalized spacial score (nSPS) is 10.6. The second-order valence-electron chi connectivity index (χ2n) is 5.31. The quantitative estimate of drug-likeness (QED) is 0.730. The van der Waals surface area contributed by atoms with Crippen molar-refractivity contribution < 1.29 is 14.9 Å². The minimum Gasteiger partial charge on any atom is -0.507 e. The lowest BCUT2D eigenvalue weighted by Gasteiger charge is -2.12. The van der Waals surface area contributed by atoms with Crippen LogP contribution in [0.25, 0.3) is 11.1 Å². The first-order valence-electron chi connectivity index (χ1n) is 7.46. The highest BCUT2D eigenvalue weighted by molar-refractivity contribution is 5.77. The number of phenols is 2. The lowest BCUT2D eigenvalue weighted by atomic mass is 10.0. The van der Waals surface area contributed by atoms with Gasteiger partial charge in [-0.2, -0.15) is 0 Å². The Labute approximate surface area is 135 Å². The van der Waals surface area contributed by atoms with Crippen LogP contribution in [0.1, 0.15) is 11.1 Å². The minimum absolute atomic E-state index is 0.0560. The predicted octanol–water partition coefficient (Wildman–Crippen LogP) is 4.48. The van der Waals surface area contributed by atoms with E-state index in [1.807, 2.05) is 60.7 Å². The van der Waals surface area contributed by atoms with Crippen molar-refractivity contribution in [3.63, 3.8) is 0 Å². The lowest BCUT2D eigenvalue weighted by molar-refractivity contribution is 0.105. The van der Waals surface area contributed by atoms with Gasteiger partial charge in [0.05, 0.1) is 18.8 Å². The van der Waals surface area contributed by atoms with Gasteiger partial charge in [-0.3, -0.25) is 0 Å². The summed E-state index contributed by atoms with van der Waals surface area (Å²) in [5, 5.41) is 20.6. The Morgan fingerprint density at radius 2 is 1.35 bits per heavy atom. The van der Waals surface area contributed by atoms with Crippen molar-refractivity contribution in [1.82, 2.24) is 0 Å². The van der Waals surface area contributed by atoms with Gasteiger partial charge in [-0.05, 0) is 23.3 Å². The van der Waals surface area contributed by atoms with Gasteiger partial charge in [0.25, 0.3) is 0 Å². The zero-order chi connectivity index (χ0) is 16.1. The molecule has 3 aromatic carbocycles. The molecule has 3 rings (SSSR count). The van der Waals surface area contributed by atoms with Crippen LogP contribution in [0.2, 0.25) is 0 Å². The third-order valence-corrected chi connectivity index (χ3v) is 3.67. The van der Waals surface area contributed by atoms with Crippen molar-refractivity contribution in [3.05, 3.63) is 83.9 Å². The highest BCUT2D eigenvalue weighted by Crippen LogP contribution is 2.39. The molecule has 0 amide bonds. The predicted molar refractivity (Wildman–Crippen MR) is 90.1 cm³/mol. The average molecular weight is 306 g/mol. The molecule has 0 spiro atoms. The molecule has 0 radical (unpaired) electrons. The maximum Gasteiger partial charge on any atom is 0.132 e. The van der Waals surface area contributed by atoms with E-state index in [4.69, 9.17) is 4.74 Å². The van der Waals surface area contributed by atoms with E-state index in [0.717, 1.165) is 11.1 Å². The van der Waals surface area contributed by atoms with Crippen molar-refractivity contribution in [2.75, 3.05) is 0 Å². The Balaban J connectivity index is 1.78. The van der Waals surface area contributed by atoms with Gasteiger partial charge in [-0.15, -0.1) is 0 Å². The Bertz CT molecular complexity index is 768. The second kappa shape index (κ2) is 6.99. The summed E-state index contributed by atoms with van der Waals surface area (Å²) in [4.78, 5) is 0. The number of hydrogen-bond acceptors (Lipinski definition) is 3. The Morgan fingerprint density at radius 1 is 0.696 bits per heavy atom. The SMILES string of the molecule is Oc1ccc(COCc2ccccc2)c(O)c1-c1ccccc1. The van der Waals surface area contributed by atoms with Crippen LogP contribution in [0.5, 0.6) is 11.5 Å². The molecule has 0 saturated heterocycles. The van der Waals surface area contributed by atoms with Crippen molar-refractivity contribution in [2.24, 2.45) is 0 Å². The fourth-order valence-electron chi connectivity index (χ4n) is 2.48. The topological polar surface area (TPSA) is 49.7 Å². The van der Waals surface area contributed by atoms with Gasteiger partial charge in [0, 0.05) is 5.56 Å². The second-order valence-corrected chi connectivity index (χ2v) is 5.31. The average Bonchev–Trinajstić information content (AvgIpc) is 2.59. The largest absolute Gasteiger partial charge is 0.507 e. The van der Waals surface area contributed by atoms with Gasteiger partial charge in [0.2, 0.25) is 0 Å². The molecule has 0 aromatic heterocycles. The van der Waals surface area contributed by atoms with E-state index in [0.29, 0.717) is 17.7 Å². The van der Waals surface area contributed by atoms with Crippen LogP contribution < -0.4 is 0 Å². The van der Waals surface area contributed by atoms with Crippen LogP contribution >= 0.6 is 0 Å². The van der Waals surface area contributed by atoms with E-state index < -0.39 is 0 Å². The van der Waals surface area contributed by atoms with Gasteiger partial charge < -0.3 is 14.9 Å². The van der Waals surface area contributed by atoms with Crippen molar-refractivity contribution in [3.8, 4) is 22.6 Å². The van der Waals surface area contributed by atoms with Crippen LogP contribution in [-0.2, 0) is 18.0 Å². The third-order valence-electron chi connectivity index (χ3n) is 3.67. The molecule has 23 heavy (non-hydrogen) atoms. The molecular formula is C20H18O3. The number of phenolic OH excluding ortho intramolecular Hbond substituents is 2. The number of rotatable bonds is 5. The lowest BCUT2D eigenvalue weighted by Crippen LogP contribution is -1.95. The number of hydrogen-bond donors (Lipinski definition) is 2. The van der Waals surface area contributed by atoms with Crippen molar-refractivity contribution >= 4 is 0 Å². The van der Waals surface area contributed by atoms with E-state index in [1.165, 1.54) is 0 Å². The fourth-order valence-corrected chi connectivity index (χ4v) is 2.48.